The van der Waals surface area contributed by atoms with Crippen LogP contribution in [0.1, 0.15) is 11.4 Å². The van der Waals surface area contributed by atoms with Crippen LogP contribution in [0.2, 0.25) is 5.02 Å². The van der Waals surface area contributed by atoms with Crippen LogP contribution < -0.4 is 0 Å². The fourth-order valence-corrected chi connectivity index (χ4v) is 1.80. The van der Waals surface area contributed by atoms with Gasteiger partial charge in [0.1, 0.15) is 4.60 Å². The molecule has 2 aromatic heterocycles. The quantitative estimate of drug-likeness (QED) is 0.795. The van der Waals surface area contributed by atoms with E-state index < -0.39 is 0 Å². The van der Waals surface area contributed by atoms with E-state index in [1.54, 1.807) is 6.20 Å². The largest absolute Gasteiger partial charge is 0.262 e. The Morgan fingerprint density at radius 1 is 1.47 bits per heavy atom. The summed E-state index contributed by atoms with van der Waals surface area (Å²) < 4.78 is 2.66. The molecule has 5 heteroatoms. The van der Waals surface area contributed by atoms with E-state index in [1.165, 1.54) is 0 Å². The second kappa shape index (κ2) is 4.33. The highest BCUT2D eigenvalue weighted by atomic mass is 79.9. The first-order valence-electron chi connectivity index (χ1n) is 4.46. The summed E-state index contributed by atoms with van der Waals surface area (Å²) in [4.78, 5) is 4.33. The molecule has 3 nitrogen and oxygen atoms in total. The minimum Gasteiger partial charge on any atom is -0.262 e. The summed E-state index contributed by atoms with van der Waals surface area (Å²) in [5.41, 5.74) is 1.91. The van der Waals surface area contributed by atoms with Gasteiger partial charge in [0.05, 0.1) is 29.2 Å². The smallest absolute Gasteiger partial charge is 0.106 e. The van der Waals surface area contributed by atoms with Crippen LogP contribution >= 0.6 is 27.5 Å². The van der Waals surface area contributed by atoms with Gasteiger partial charge < -0.3 is 0 Å². The molecule has 0 bridgehead atoms. The molecule has 0 atom stereocenters. The summed E-state index contributed by atoms with van der Waals surface area (Å²) in [6.45, 7) is 2.57. The second-order valence-electron chi connectivity index (χ2n) is 3.19. The molecule has 0 N–H and O–H groups in total. The van der Waals surface area contributed by atoms with E-state index in [0.29, 0.717) is 11.6 Å². The monoisotopic (exact) mass is 285 g/mol. The molecule has 0 amide bonds. The predicted octanol–water partition coefficient (Wildman–Crippen LogP) is 3.05. The molecule has 2 rings (SSSR count). The second-order valence-corrected chi connectivity index (χ2v) is 4.41. The molecule has 78 valence electrons. The van der Waals surface area contributed by atoms with E-state index >= 15 is 0 Å². The summed E-state index contributed by atoms with van der Waals surface area (Å²) in [5.74, 6) is 0. The summed E-state index contributed by atoms with van der Waals surface area (Å²) in [7, 11) is 0. The lowest BCUT2D eigenvalue weighted by molar-refractivity contribution is 0.651. The van der Waals surface area contributed by atoms with Gasteiger partial charge in [0.2, 0.25) is 0 Å². The number of hydrogen-bond donors (Lipinski definition) is 0. The molecule has 0 radical (unpaired) electrons. The maximum absolute atomic E-state index is 5.91. The number of pyridine rings is 1. The van der Waals surface area contributed by atoms with Gasteiger partial charge in [0.15, 0.2) is 0 Å². The van der Waals surface area contributed by atoms with Crippen LogP contribution in [0, 0.1) is 6.92 Å². The van der Waals surface area contributed by atoms with Gasteiger partial charge in [-0.15, -0.1) is 0 Å². The van der Waals surface area contributed by atoms with Crippen LogP contribution in [0.5, 0.6) is 0 Å². The van der Waals surface area contributed by atoms with E-state index in [2.05, 4.69) is 26.0 Å². The third-order valence-electron chi connectivity index (χ3n) is 2.13. The molecule has 0 spiro atoms. The Balaban J connectivity index is 2.26. The Labute approximate surface area is 101 Å². The van der Waals surface area contributed by atoms with Gasteiger partial charge in [-0.3, -0.25) is 4.68 Å². The van der Waals surface area contributed by atoms with E-state index in [-0.39, 0.29) is 0 Å². The van der Waals surface area contributed by atoms with Crippen LogP contribution in [0.25, 0.3) is 0 Å². The Morgan fingerprint density at radius 3 is 2.87 bits per heavy atom. The van der Waals surface area contributed by atoms with Crippen molar-refractivity contribution in [3.8, 4) is 0 Å². The lowest BCUT2D eigenvalue weighted by atomic mass is 10.3. The molecule has 0 aromatic carbocycles. The van der Waals surface area contributed by atoms with Gasteiger partial charge >= 0.3 is 0 Å². The Bertz CT molecular complexity index is 481. The van der Waals surface area contributed by atoms with E-state index in [1.807, 2.05) is 29.8 Å². The summed E-state index contributed by atoms with van der Waals surface area (Å²) in [6.07, 6.45) is 1.65. The highest BCUT2D eigenvalue weighted by Crippen LogP contribution is 2.15. The number of nitrogens with zero attached hydrogens (tertiary/aromatic N) is 3. The Morgan fingerprint density at radius 2 is 2.27 bits per heavy atom. The van der Waals surface area contributed by atoms with Crippen molar-refractivity contribution in [2.75, 3.05) is 0 Å². The maximum Gasteiger partial charge on any atom is 0.106 e. The molecule has 2 heterocycles. The zero-order valence-electron chi connectivity index (χ0n) is 8.11. The molecular formula is C10H9BrClN3. The molecule has 0 aliphatic heterocycles. The van der Waals surface area contributed by atoms with Crippen molar-refractivity contribution < 1.29 is 0 Å². The fraction of sp³-hybridized carbons (Fsp3) is 0.200. The number of halogens is 2. The first kappa shape index (κ1) is 10.6. The number of aromatic nitrogens is 3. The van der Waals surface area contributed by atoms with Gasteiger partial charge in [0.25, 0.3) is 0 Å². The topological polar surface area (TPSA) is 30.7 Å². The van der Waals surface area contributed by atoms with Crippen molar-refractivity contribution >= 4 is 27.5 Å². The minimum atomic E-state index is 0.637. The van der Waals surface area contributed by atoms with Crippen molar-refractivity contribution in [1.82, 2.24) is 14.8 Å². The SMILES string of the molecule is Cc1c(Cl)cnn1Cc1cccc(Br)n1. The fourth-order valence-electron chi connectivity index (χ4n) is 1.27. The number of hydrogen-bond acceptors (Lipinski definition) is 2. The van der Waals surface area contributed by atoms with E-state index in [9.17, 15) is 0 Å². The summed E-state index contributed by atoms with van der Waals surface area (Å²) in [6, 6.07) is 5.80. The normalized spacial score (nSPS) is 10.6. The van der Waals surface area contributed by atoms with E-state index in [0.717, 1.165) is 16.0 Å². The van der Waals surface area contributed by atoms with E-state index in [4.69, 9.17) is 11.6 Å². The first-order valence-corrected chi connectivity index (χ1v) is 5.63. The van der Waals surface area contributed by atoms with Crippen molar-refractivity contribution in [3.05, 3.63) is 45.4 Å². The predicted molar refractivity (Wildman–Crippen MR) is 63.0 cm³/mol. The molecule has 0 saturated carbocycles. The van der Waals surface area contributed by atoms with Gasteiger partial charge in [-0.2, -0.15) is 5.10 Å². The van der Waals surface area contributed by atoms with Crippen LogP contribution in [-0.4, -0.2) is 14.8 Å². The van der Waals surface area contributed by atoms with Crippen LogP contribution in [0.4, 0.5) is 0 Å². The lowest BCUT2D eigenvalue weighted by Crippen LogP contribution is -2.05. The lowest BCUT2D eigenvalue weighted by Gasteiger charge is -2.04. The minimum absolute atomic E-state index is 0.637. The standard InChI is InChI=1S/C10H9BrClN3/c1-7-9(12)5-13-15(7)6-8-3-2-4-10(11)14-8/h2-5H,6H2,1H3. The van der Waals surface area contributed by atoms with Crippen molar-refractivity contribution in [3.63, 3.8) is 0 Å². The molecule has 0 saturated heterocycles. The summed E-state index contributed by atoms with van der Waals surface area (Å²) >= 11 is 9.25. The van der Waals surface area contributed by atoms with Gasteiger partial charge in [-0.1, -0.05) is 17.7 Å². The maximum atomic E-state index is 5.91. The third kappa shape index (κ3) is 2.38. The molecule has 2 aromatic rings. The van der Waals surface area contributed by atoms with Crippen LogP contribution in [0.15, 0.2) is 29.0 Å². The van der Waals surface area contributed by atoms with Crippen LogP contribution in [0.3, 0.4) is 0 Å². The van der Waals surface area contributed by atoms with Gasteiger partial charge in [-0.25, -0.2) is 4.98 Å². The van der Waals surface area contributed by atoms with Gasteiger partial charge in [-0.05, 0) is 35.0 Å². The first-order chi connectivity index (χ1) is 7.16. The average molecular weight is 287 g/mol. The molecule has 0 fully saturated rings. The molecule has 15 heavy (non-hydrogen) atoms. The highest BCUT2D eigenvalue weighted by molar-refractivity contribution is 9.10. The molecular weight excluding hydrogens is 277 g/mol. The molecule has 0 aliphatic rings. The Hall–Kier alpha value is -0.870. The molecule has 0 unspecified atom stereocenters. The average Bonchev–Trinajstić information content (AvgIpc) is 2.50. The van der Waals surface area contributed by atoms with Crippen LogP contribution in [-0.2, 0) is 6.54 Å². The zero-order valence-corrected chi connectivity index (χ0v) is 10.5. The van der Waals surface area contributed by atoms with Gasteiger partial charge in [0, 0.05) is 0 Å². The number of rotatable bonds is 2. The third-order valence-corrected chi connectivity index (χ3v) is 2.94. The summed E-state index contributed by atoms with van der Waals surface area (Å²) in [5, 5.41) is 4.85. The Kier molecular flexibility index (Phi) is 3.07. The van der Waals surface area contributed by atoms with Crippen molar-refractivity contribution in [2.24, 2.45) is 0 Å². The molecule has 0 aliphatic carbocycles. The zero-order chi connectivity index (χ0) is 10.8. The van der Waals surface area contributed by atoms with Crippen molar-refractivity contribution in [1.29, 1.82) is 0 Å². The van der Waals surface area contributed by atoms with Crippen molar-refractivity contribution in [2.45, 2.75) is 13.5 Å². The highest BCUT2D eigenvalue weighted by Gasteiger charge is 2.05.